The van der Waals surface area contributed by atoms with Crippen molar-refractivity contribution in [1.82, 2.24) is 15.3 Å². The van der Waals surface area contributed by atoms with Crippen LogP contribution < -0.4 is 10.2 Å². The molecule has 1 saturated heterocycles. The van der Waals surface area contributed by atoms with Gasteiger partial charge in [0.1, 0.15) is 11.0 Å². The highest BCUT2D eigenvalue weighted by molar-refractivity contribution is 6.29. The summed E-state index contributed by atoms with van der Waals surface area (Å²) in [7, 11) is 0. The molecule has 1 aromatic rings. The number of piperazine rings is 1. The number of rotatable bonds is 1. The van der Waals surface area contributed by atoms with Crippen molar-refractivity contribution in [2.45, 2.75) is 6.18 Å². The molecule has 0 aliphatic carbocycles. The van der Waals surface area contributed by atoms with Gasteiger partial charge in [0, 0.05) is 6.07 Å². The molecule has 0 radical (unpaired) electrons. The Bertz CT molecular complexity index is 533. The van der Waals surface area contributed by atoms with Crippen LogP contribution in [0, 0.1) is 0 Å². The van der Waals surface area contributed by atoms with Gasteiger partial charge in [-0.3, -0.25) is 14.9 Å². The second-order valence-corrected chi connectivity index (χ2v) is 4.08. The van der Waals surface area contributed by atoms with Crippen LogP contribution >= 0.6 is 11.6 Å². The van der Waals surface area contributed by atoms with Gasteiger partial charge in [-0.05, 0) is 0 Å². The number of aromatic nitrogens is 2. The molecule has 6 nitrogen and oxygen atoms in total. The molecule has 2 rings (SSSR count). The van der Waals surface area contributed by atoms with E-state index in [2.05, 4.69) is 9.97 Å². The molecule has 10 heteroatoms. The molecule has 0 atom stereocenters. The maximum absolute atomic E-state index is 12.5. The Labute approximate surface area is 109 Å². The normalized spacial score (nSPS) is 16.5. The molecule has 0 spiro atoms. The zero-order valence-electron chi connectivity index (χ0n) is 9.16. The van der Waals surface area contributed by atoms with E-state index in [1.165, 1.54) is 0 Å². The minimum atomic E-state index is -4.76. The van der Waals surface area contributed by atoms with Crippen LogP contribution in [-0.4, -0.2) is 34.9 Å². The number of alkyl halides is 3. The summed E-state index contributed by atoms with van der Waals surface area (Å²) in [4.78, 5) is 29.7. The third kappa shape index (κ3) is 3.11. The minimum absolute atomic E-state index is 0.226. The fourth-order valence-electron chi connectivity index (χ4n) is 1.49. The summed E-state index contributed by atoms with van der Waals surface area (Å²) in [6, 6.07) is 1.06. The minimum Gasteiger partial charge on any atom is -0.338 e. The number of hydrogen-bond acceptors (Lipinski definition) is 5. The van der Waals surface area contributed by atoms with Gasteiger partial charge in [-0.1, -0.05) is 11.6 Å². The van der Waals surface area contributed by atoms with Crippen LogP contribution in [0.3, 0.4) is 0 Å². The molecule has 1 aliphatic rings. The first kappa shape index (κ1) is 13.5. The average molecular weight is 295 g/mol. The van der Waals surface area contributed by atoms with Crippen molar-refractivity contribution in [2.24, 2.45) is 0 Å². The zero-order valence-corrected chi connectivity index (χ0v) is 9.92. The van der Waals surface area contributed by atoms with Gasteiger partial charge in [0.2, 0.25) is 17.6 Å². The molecule has 1 fully saturated rings. The van der Waals surface area contributed by atoms with Crippen LogP contribution in [0.15, 0.2) is 6.07 Å². The van der Waals surface area contributed by atoms with E-state index in [9.17, 15) is 22.8 Å². The predicted octanol–water partition coefficient (Wildman–Crippen LogP) is 0.612. The number of hydrogen-bond donors (Lipinski definition) is 1. The molecule has 1 aliphatic heterocycles. The highest BCUT2D eigenvalue weighted by Crippen LogP contribution is 2.29. The van der Waals surface area contributed by atoms with E-state index in [-0.39, 0.29) is 18.9 Å². The van der Waals surface area contributed by atoms with Crippen molar-refractivity contribution in [3.63, 3.8) is 0 Å². The van der Waals surface area contributed by atoms with Gasteiger partial charge in [-0.25, -0.2) is 9.97 Å². The Morgan fingerprint density at radius 2 is 1.79 bits per heavy atom. The molecular formula is C9H6ClF3N4O2. The Morgan fingerprint density at radius 3 is 2.32 bits per heavy atom. The fraction of sp³-hybridized carbons (Fsp3) is 0.333. The molecule has 1 N–H and O–H groups in total. The van der Waals surface area contributed by atoms with Gasteiger partial charge in [0.05, 0.1) is 13.1 Å². The summed E-state index contributed by atoms with van der Waals surface area (Å²) in [5.41, 5.74) is 0. The number of anilines is 1. The Morgan fingerprint density at radius 1 is 1.21 bits per heavy atom. The third-order valence-corrected chi connectivity index (χ3v) is 2.40. The fourth-order valence-corrected chi connectivity index (χ4v) is 1.67. The summed E-state index contributed by atoms with van der Waals surface area (Å²) in [6.45, 7) is -0.563. The van der Waals surface area contributed by atoms with Gasteiger partial charge in [-0.2, -0.15) is 13.2 Å². The van der Waals surface area contributed by atoms with Gasteiger partial charge in [0.25, 0.3) is 0 Å². The largest absolute Gasteiger partial charge is 0.451 e. The van der Waals surface area contributed by atoms with Crippen LogP contribution in [0.1, 0.15) is 5.82 Å². The maximum atomic E-state index is 12.5. The summed E-state index contributed by atoms with van der Waals surface area (Å²) in [5.74, 6) is -2.90. The van der Waals surface area contributed by atoms with E-state index >= 15 is 0 Å². The van der Waals surface area contributed by atoms with E-state index in [0.29, 0.717) is 0 Å². The van der Waals surface area contributed by atoms with Crippen molar-refractivity contribution in [2.75, 3.05) is 18.0 Å². The topological polar surface area (TPSA) is 75.2 Å². The number of nitrogens with zero attached hydrogens (tertiary/aromatic N) is 3. The van der Waals surface area contributed by atoms with Crippen molar-refractivity contribution < 1.29 is 22.8 Å². The van der Waals surface area contributed by atoms with E-state index in [4.69, 9.17) is 11.6 Å². The predicted molar refractivity (Wildman–Crippen MR) is 57.4 cm³/mol. The number of carbonyl (C=O) groups is 2. The lowest BCUT2D eigenvalue weighted by Gasteiger charge is -2.26. The van der Waals surface area contributed by atoms with Crippen molar-refractivity contribution in [3.05, 3.63) is 17.0 Å². The first-order valence-corrected chi connectivity index (χ1v) is 5.33. The number of imide groups is 1. The van der Waals surface area contributed by atoms with E-state index < -0.39 is 29.0 Å². The van der Waals surface area contributed by atoms with Crippen LogP contribution in [0.4, 0.5) is 19.0 Å². The third-order valence-electron chi connectivity index (χ3n) is 2.21. The number of carbonyl (C=O) groups excluding carboxylic acids is 2. The highest BCUT2D eigenvalue weighted by atomic mass is 35.5. The Hall–Kier alpha value is -1.90. The van der Waals surface area contributed by atoms with Crippen LogP contribution in [-0.2, 0) is 15.8 Å². The number of halogens is 4. The number of amides is 2. The summed E-state index contributed by atoms with van der Waals surface area (Å²) >= 11 is 5.48. The van der Waals surface area contributed by atoms with E-state index in [0.717, 1.165) is 11.0 Å². The second-order valence-electron chi connectivity index (χ2n) is 3.70. The molecule has 0 unspecified atom stereocenters. The SMILES string of the molecule is O=C1CN(c2cc(Cl)nc(C(F)(F)F)n2)CC(=O)N1. The molecule has 0 aromatic carbocycles. The lowest BCUT2D eigenvalue weighted by Crippen LogP contribution is -2.51. The molecule has 19 heavy (non-hydrogen) atoms. The molecule has 2 amide bonds. The van der Waals surface area contributed by atoms with Gasteiger partial charge in [0.15, 0.2) is 0 Å². The molecular weight excluding hydrogens is 289 g/mol. The first-order valence-electron chi connectivity index (χ1n) is 4.95. The van der Waals surface area contributed by atoms with Gasteiger partial charge < -0.3 is 4.90 Å². The quantitative estimate of drug-likeness (QED) is 0.607. The van der Waals surface area contributed by atoms with E-state index in [1.54, 1.807) is 0 Å². The highest BCUT2D eigenvalue weighted by Gasteiger charge is 2.36. The zero-order chi connectivity index (χ0) is 14.2. The second kappa shape index (κ2) is 4.65. The number of nitrogens with one attached hydrogen (secondary N) is 1. The molecule has 0 bridgehead atoms. The summed E-state index contributed by atoms with van der Waals surface area (Å²) in [6.07, 6.45) is -4.76. The van der Waals surface area contributed by atoms with Crippen LogP contribution in [0.25, 0.3) is 0 Å². The smallest absolute Gasteiger partial charge is 0.338 e. The molecule has 1 aromatic heterocycles. The molecule has 102 valence electrons. The van der Waals surface area contributed by atoms with Crippen molar-refractivity contribution >= 4 is 29.2 Å². The van der Waals surface area contributed by atoms with Crippen molar-refractivity contribution in [3.8, 4) is 0 Å². The monoisotopic (exact) mass is 294 g/mol. The Kier molecular flexibility index (Phi) is 3.31. The van der Waals surface area contributed by atoms with Gasteiger partial charge in [-0.15, -0.1) is 0 Å². The molecule has 2 heterocycles. The van der Waals surface area contributed by atoms with E-state index in [1.807, 2.05) is 5.32 Å². The maximum Gasteiger partial charge on any atom is 0.451 e. The lowest BCUT2D eigenvalue weighted by atomic mass is 10.3. The van der Waals surface area contributed by atoms with Crippen LogP contribution in [0.2, 0.25) is 5.15 Å². The first-order chi connectivity index (χ1) is 8.75. The summed E-state index contributed by atoms with van der Waals surface area (Å²) < 4.78 is 37.6. The standard InChI is InChI=1S/C9H6ClF3N4O2/c10-4-1-5(15-8(14-4)9(11,12)13)17-2-6(18)16-7(19)3-17/h1H,2-3H2,(H,16,18,19). The Balaban J connectivity index is 2.37. The van der Waals surface area contributed by atoms with Crippen LogP contribution in [0.5, 0.6) is 0 Å². The van der Waals surface area contributed by atoms with Gasteiger partial charge >= 0.3 is 6.18 Å². The molecule has 0 saturated carbocycles. The lowest BCUT2D eigenvalue weighted by molar-refractivity contribution is -0.144. The van der Waals surface area contributed by atoms with Crippen molar-refractivity contribution in [1.29, 1.82) is 0 Å². The average Bonchev–Trinajstić information content (AvgIpc) is 2.25. The summed E-state index contributed by atoms with van der Waals surface area (Å²) in [5, 5.41) is 1.60.